The molecule has 2 aromatic rings. The first-order valence-electron chi connectivity index (χ1n) is 10.5. The summed E-state index contributed by atoms with van der Waals surface area (Å²) < 4.78 is 0. The van der Waals surface area contributed by atoms with Gasteiger partial charge < -0.3 is 0 Å². The Kier molecular flexibility index (Phi) is 4.29. The van der Waals surface area contributed by atoms with Gasteiger partial charge in [0, 0.05) is 5.56 Å². The molecule has 4 rings (SSSR count). The van der Waals surface area contributed by atoms with Crippen molar-refractivity contribution in [3.8, 4) is 11.5 Å². The highest BCUT2D eigenvalue weighted by Gasteiger charge is 2.36. The van der Waals surface area contributed by atoms with E-state index in [1.807, 2.05) is 0 Å². The van der Waals surface area contributed by atoms with Crippen molar-refractivity contribution in [3.05, 3.63) is 64.7 Å². The summed E-state index contributed by atoms with van der Waals surface area (Å²) >= 11 is 0. The van der Waals surface area contributed by atoms with Crippen molar-refractivity contribution in [2.45, 2.75) is 65.6 Å². The van der Waals surface area contributed by atoms with E-state index in [2.05, 4.69) is 101 Å². The zero-order valence-electron chi connectivity index (χ0n) is 18.5. The molecule has 2 aliphatic carbocycles. The van der Waals surface area contributed by atoms with E-state index in [0.29, 0.717) is 0 Å². The van der Waals surface area contributed by atoms with Gasteiger partial charge in [0.2, 0.25) is 0 Å². The van der Waals surface area contributed by atoms with Gasteiger partial charge in [0.15, 0.2) is 0 Å². The lowest BCUT2D eigenvalue weighted by Gasteiger charge is -2.40. The van der Waals surface area contributed by atoms with E-state index >= 15 is 0 Å². The van der Waals surface area contributed by atoms with Crippen LogP contribution >= 0.6 is 0 Å². The Hall–Kier alpha value is -2.04. The minimum absolute atomic E-state index is 0.139. The van der Waals surface area contributed by atoms with Crippen LogP contribution in [0.15, 0.2) is 48.1 Å². The molecule has 144 valence electrons. The van der Waals surface area contributed by atoms with Crippen LogP contribution in [0, 0.1) is 16.9 Å². The molecule has 0 aliphatic heterocycles. The standard InChI is InChI=1S/C27H32Si/c1-26(2)14-12-22-21(17-26)18-27(3,4)25-23(22)11-10-20-9-8-19(16-24(20)25)13-15-28(5,6)7/h8-12,14,16H,17-18H2,1-7H3. The molecule has 0 unspecified atom stereocenters. The number of allylic oxidation sites excluding steroid dienone is 4. The summed E-state index contributed by atoms with van der Waals surface area (Å²) in [7, 11) is -1.38. The molecule has 0 saturated carbocycles. The number of fused-ring (bicyclic) bond motifs is 4. The van der Waals surface area contributed by atoms with Gasteiger partial charge in [-0.15, -0.1) is 5.54 Å². The highest BCUT2D eigenvalue weighted by Crippen LogP contribution is 2.50. The van der Waals surface area contributed by atoms with Crippen LogP contribution in [-0.4, -0.2) is 8.07 Å². The zero-order valence-corrected chi connectivity index (χ0v) is 19.5. The number of benzene rings is 2. The fraction of sp³-hybridized carbons (Fsp3) is 0.407. The largest absolute Gasteiger partial charge is 0.129 e. The minimum atomic E-state index is -1.38. The van der Waals surface area contributed by atoms with Crippen molar-refractivity contribution in [1.29, 1.82) is 0 Å². The Bertz CT molecular complexity index is 1090. The SMILES string of the molecule is CC1(C)C=CC2=C(C1)CC(C)(C)c1c2ccc2ccc(C#C[Si](C)(C)C)cc12. The second-order valence-corrected chi connectivity index (χ2v) is 15.8. The molecule has 0 amide bonds. The average molecular weight is 385 g/mol. The molecule has 0 aromatic heterocycles. The zero-order chi connectivity index (χ0) is 20.3. The molecule has 0 nitrogen and oxygen atoms in total. The molecule has 2 aliphatic rings. The quantitative estimate of drug-likeness (QED) is 0.326. The normalized spacial score (nSPS) is 19.7. The predicted molar refractivity (Wildman–Crippen MR) is 126 cm³/mol. The summed E-state index contributed by atoms with van der Waals surface area (Å²) in [6, 6.07) is 11.4. The van der Waals surface area contributed by atoms with Crippen molar-refractivity contribution in [1.82, 2.24) is 0 Å². The Labute approximate surface area is 171 Å². The Morgan fingerprint density at radius 1 is 0.929 bits per heavy atom. The molecule has 0 bridgehead atoms. The van der Waals surface area contributed by atoms with E-state index in [0.717, 1.165) is 12.0 Å². The van der Waals surface area contributed by atoms with E-state index in [1.54, 1.807) is 5.57 Å². The molecule has 0 radical (unpaired) electrons. The van der Waals surface area contributed by atoms with Crippen molar-refractivity contribution in [2.75, 3.05) is 0 Å². The Morgan fingerprint density at radius 3 is 2.36 bits per heavy atom. The Balaban J connectivity index is 1.94. The van der Waals surface area contributed by atoms with Gasteiger partial charge in [0.05, 0.1) is 0 Å². The van der Waals surface area contributed by atoms with Crippen LogP contribution in [0.3, 0.4) is 0 Å². The first-order chi connectivity index (χ1) is 13.0. The second-order valence-electron chi connectivity index (χ2n) is 11.0. The maximum Gasteiger partial charge on any atom is 0.129 e. The van der Waals surface area contributed by atoms with Gasteiger partial charge in [-0.1, -0.05) is 89.2 Å². The average Bonchev–Trinajstić information content (AvgIpc) is 2.56. The molecule has 2 aromatic carbocycles. The van der Waals surface area contributed by atoms with E-state index in [4.69, 9.17) is 0 Å². The molecular formula is C27H32Si. The molecule has 0 atom stereocenters. The first kappa shape index (κ1) is 19.3. The van der Waals surface area contributed by atoms with Crippen molar-refractivity contribution >= 4 is 24.4 Å². The van der Waals surface area contributed by atoms with E-state index < -0.39 is 8.07 Å². The van der Waals surface area contributed by atoms with Gasteiger partial charge in [-0.3, -0.25) is 0 Å². The van der Waals surface area contributed by atoms with Crippen LogP contribution in [0.5, 0.6) is 0 Å². The fourth-order valence-electron chi connectivity index (χ4n) is 4.80. The minimum Gasteiger partial charge on any atom is -0.127 e. The van der Waals surface area contributed by atoms with Gasteiger partial charge in [-0.25, -0.2) is 0 Å². The molecule has 28 heavy (non-hydrogen) atoms. The first-order valence-corrected chi connectivity index (χ1v) is 14.0. The summed E-state index contributed by atoms with van der Waals surface area (Å²) in [5, 5.41) is 2.71. The monoisotopic (exact) mass is 384 g/mol. The Morgan fingerprint density at radius 2 is 1.64 bits per heavy atom. The molecule has 0 saturated heterocycles. The lowest BCUT2D eigenvalue weighted by molar-refractivity contribution is 0.429. The molecule has 0 fully saturated rings. The van der Waals surface area contributed by atoms with Crippen LogP contribution in [0.2, 0.25) is 19.6 Å². The van der Waals surface area contributed by atoms with Crippen LogP contribution in [0.1, 0.15) is 57.2 Å². The number of hydrogen-bond donors (Lipinski definition) is 0. The fourth-order valence-corrected chi connectivity index (χ4v) is 5.32. The predicted octanol–water partition coefficient (Wildman–Crippen LogP) is 7.49. The van der Waals surface area contributed by atoms with Crippen LogP contribution in [-0.2, 0) is 5.41 Å². The maximum absolute atomic E-state index is 3.53. The molecule has 0 heterocycles. The summed E-state index contributed by atoms with van der Waals surface area (Å²) in [4.78, 5) is 0. The van der Waals surface area contributed by atoms with Crippen molar-refractivity contribution in [3.63, 3.8) is 0 Å². The van der Waals surface area contributed by atoms with Gasteiger partial charge >= 0.3 is 0 Å². The smallest absolute Gasteiger partial charge is 0.127 e. The third-order valence-electron chi connectivity index (χ3n) is 5.98. The lowest BCUT2D eigenvalue weighted by Crippen LogP contribution is -2.27. The van der Waals surface area contributed by atoms with Crippen LogP contribution in [0.4, 0.5) is 0 Å². The lowest BCUT2D eigenvalue weighted by atomic mass is 9.64. The molecule has 0 N–H and O–H groups in total. The maximum atomic E-state index is 3.53. The van der Waals surface area contributed by atoms with Crippen molar-refractivity contribution in [2.24, 2.45) is 5.41 Å². The summed E-state index contributed by atoms with van der Waals surface area (Å²) in [5.41, 5.74) is 11.1. The summed E-state index contributed by atoms with van der Waals surface area (Å²) in [6.07, 6.45) is 7.09. The van der Waals surface area contributed by atoms with Gasteiger partial charge in [0.1, 0.15) is 8.07 Å². The number of rotatable bonds is 0. The van der Waals surface area contributed by atoms with Crippen molar-refractivity contribution < 1.29 is 0 Å². The summed E-state index contributed by atoms with van der Waals surface area (Å²) in [5.74, 6) is 3.46. The van der Waals surface area contributed by atoms with Gasteiger partial charge in [-0.2, -0.15) is 0 Å². The molecule has 0 spiro atoms. The van der Waals surface area contributed by atoms with E-state index in [9.17, 15) is 0 Å². The number of hydrogen-bond acceptors (Lipinski definition) is 0. The van der Waals surface area contributed by atoms with E-state index in [-0.39, 0.29) is 10.8 Å². The highest BCUT2D eigenvalue weighted by molar-refractivity contribution is 6.83. The third-order valence-corrected chi connectivity index (χ3v) is 6.85. The van der Waals surface area contributed by atoms with Crippen LogP contribution in [0.25, 0.3) is 16.3 Å². The topological polar surface area (TPSA) is 0 Å². The second kappa shape index (κ2) is 6.23. The van der Waals surface area contributed by atoms with Gasteiger partial charge in [-0.05, 0) is 63.3 Å². The van der Waals surface area contributed by atoms with Gasteiger partial charge in [0.25, 0.3) is 0 Å². The summed E-state index contributed by atoms with van der Waals surface area (Å²) in [6.45, 7) is 16.4. The highest BCUT2D eigenvalue weighted by atomic mass is 28.3. The third kappa shape index (κ3) is 3.51. The molecule has 1 heteroatoms. The van der Waals surface area contributed by atoms with Crippen LogP contribution < -0.4 is 0 Å². The molecular weight excluding hydrogens is 352 g/mol. The van der Waals surface area contributed by atoms with E-state index in [1.165, 1.54) is 33.9 Å².